The Labute approximate surface area is 134 Å². The molecule has 1 aromatic heterocycles. The smallest absolute Gasteiger partial charge is 0.163 e. The molecule has 1 fully saturated rings. The summed E-state index contributed by atoms with van der Waals surface area (Å²) in [6.07, 6.45) is 3.65. The topological polar surface area (TPSA) is 33.1 Å². The van der Waals surface area contributed by atoms with E-state index in [1.54, 1.807) is 18.3 Å². The number of aromatic nitrogens is 2. The van der Waals surface area contributed by atoms with Crippen molar-refractivity contribution in [3.05, 3.63) is 53.6 Å². The first-order valence-electron chi connectivity index (χ1n) is 7.01. The zero-order valence-electron chi connectivity index (χ0n) is 12.3. The highest BCUT2D eigenvalue weighted by atomic mass is 35.5. The van der Waals surface area contributed by atoms with E-state index in [9.17, 15) is 8.78 Å². The van der Waals surface area contributed by atoms with Gasteiger partial charge in [0.1, 0.15) is 5.82 Å². The normalized spacial score (nSPS) is 19.0. The van der Waals surface area contributed by atoms with Crippen LogP contribution in [0.2, 0.25) is 0 Å². The molecule has 7 heteroatoms. The summed E-state index contributed by atoms with van der Waals surface area (Å²) in [6.45, 7) is 2.73. The molecule has 0 saturated carbocycles. The van der Waals surface area contributed by atoms with Crippen molar-refractivity contribution in [2.45, 2.75) is 12.6 Å². The van der Waals surface area contributed by atoms with Crippen LogP contribution in [0.5, 0.6) is 0 Å². The maximum Gasteiger partial charge on any atom is 0.163 e. The monoisotopic (exact) mass is 328 g/mol. The molecule has 3 rings (SSSR count). The molecule has 1 aliphatic rings. The minimum atomic E-state index is -0.795. The fourth-order valence-electron chi connectivity index (χ4n) is 2.78. The molecule has 2 aromatic rings. The predicted octanol–water partition coefficient (Wildman–Crippen LogP) is 2.27. The molecule has 0 spiro atoms. The van der Waals surface area contributed by atoms with E-state index in [4.69, 9.17) is 0 Å². The minimum absolute atomic E-state index is 0. The third kappa shape index (κ3) is 3.29. The van der Waals surface area contributed by atoms with Crippen LogP contribution in [0, 0.1) is 11.6 Å². The van der Waals surface area contributed by atoms with Crippen LogP contribution in [0.1, 0.15) is 17.4 Å². The third-order valence-corrected chi connectivity index (χ3v) is 3.92. The van der Waals surface area contributed by atoms with Crippen molar-refractivity contribution in [3.63, 3.8) is 0 Å². The second-order valence-corrected chi connectivity index (χ2v) is 5.30. The van der Waals surface area contributed by atoms with Gasteiger partial charge < -0.3 is 9.88 Å². The van der Waals surface area contributed by atoms with Crippen molar-refractivity contribution in [1.82, 2.24) is 19.8 Å². The first-order chi connectivity index (χ1) is 10.2. The number of piperazine rings is 1. The summed E-state index contributed by atoms with van der Waals surface area (Å²) in [6, 6.07) is 4.38. The summed E-state index contributed by atoms with van der Waals surface area (Å²) in [5.41, 5.74) is 0.385. The first kappa shape index (κ1) is 16.9. The number of nitrogens with one attached hydrogen (secondary N) is 1. The maximum atomic E-state index is 13.9. The van der Waals surface area contributed by atoms with Crippen LogP contribution in [-0.4, -0.2) is 34.1 Å². The summed E-state index contributed by atoms with van der Waals surface area (Å²) < 4.78 is 29.2. The molecule has 120 valence electrons. The van der Waals surface area contributed by atoms with E-state index in [2.05, 4.69) is 15.2 Å². The van der Waals surface area contributed by atoms with E-state index in [0.29, 0.717) is 12.1 Å². The Morgan fingerprint density at radius 1 is 1.36 bits per heavy atom. The van der Waals surface area contributed by atoms with Crippen LogP contribution in [0.3, 0.4) is 0 Å². The van der Waals surface area contributed by atoms with Gasteiger partial charge in [-0.3, -0.25) is 4.90 Å². The Balaban J connectivity index is 0.00000176. The van der Waals surface area contributed by atoms with Crippen LogP contribution in [0.15, 0.2) is 30.6 Å². The Morgan fingerprint density at radius 3 is 2.91 bits per heavy atom. The van der Waals surface area contributed by atoms with Gasteiger partial charge in [-0.2, -0.15) is 0 Å². The third-order valence-electron chi connectivity index (χ3n) is 3.92. The average Bonchev–Trinajstić information content (AvgIpc) is 2.90. The fourth-order valence-corrected chi connectivity index (χ4v) is 2.78. The van der Waals surface area contributed by atoms with Crippen LogP contribution in [-0.2, 0) is 13.6 Å². The highest BCUT2D eigenvalue weighted by Gasteiger charge is 2.27. The highest BCUT2D eigenvalue weighted by molar-refractivity contribution is 5.85. The molecule has 1 unspecified atom stereocenters. The predicted molar refractivity (Wildman–Crippen MR) is 82.8 cm³/mol. The summed E-state index contributed by atoms with van der Waals surface area (Å²) in [7, 11) is 1.94. The molecule has 0 bridgehead atoms. The van der Waals surface area contributed by atoms with Crippen molar-refractivity contribution in [1.29, 1.82) is 0 Å². The standard InChI is InChI=1S/C15H18F2N4.ClH/c1-20-7-6-19-15(20)13-9-18-5-8-21(13)10-11-3-2-4-12(16)14(11)17;/h2-4,6-7,13,18H,5,8-10H2,1H3;1H. The highest BCUT2D eigenvalue weighted by Crippen LogP contribution is 2.24. The van der Waals surface area contributed by atoms with Crippen molar-refractivity contribution >= 4 is 12.4 Å². The SMILES string of the molecule is Cl.Cn1ccnc1C1CNCCN1Cc1cccc(F)c1F. The fraction of sp³-hybridized carbons (Fsp3) is 0.400. The van der Waals surface area contributed by atoms with Gasteiger partial charge in [0.15, 0.2) is 11.6 Å². The lowest BCUT2D eigenvalue weighted by molar-refractivity contribution is 0.142. The van der Waals surface area contributed by atoms with E-state index in [0.717, 1.165) is 31.5 Å². The lowest BCUT2D eigenvalue weighted by Gasteiger charge is -2.35. The van der Waals surface area contributed by atoms with Gasteiger partial charge >= 0.3 is 0 Å². The van der Waals surface area contributed by atoms with E-state index in [-0.39, 0.29) is 18.4 Å². The number of hydrogen-bond acceptors (Lipinski definition) is 3. The number of rotatable bonds is 3. The van der Waals surface area contributed by atoms with Crippen LogP contribution in [0.4, 0.5) is 8.78 Å². The molecule has 1 saturated heterocycles. The quantitative estimate of drug-likeness (QED) is 0.938. The number of benzene rings is 1. The Hall–Kier alpha value is -1.50. The van der Waals surface area contributed by atoms with Crippen LogP contribution >= 0.6 is 12.4 Å². The van der Waals surface area contributed by atoms with Crippen molar-refractivity contribution in [3.8, 4) is 0 Å². The number of aryl methyl sites for hydroxylation is 1. The molecule has 1 aliphatic heterocycles. The van der Waals surface area contributed by atoms with Gasteiger partial charge in [-0.05, 0) is 6.07 Å². The Bertz CT molecular complexity index is 632. The van der Waals surface area contributed by atoms with Crippen molar-refractivity contribution in [2.24, 2.45) is 7.05 Å². The summed E-state index contributed by atoms with van der Waals surface area (Å²) in [4.78, 5) is 6.52. The van der Waals surface area contributed by atoms with Crippen LogP contribution < -0.4 is 5.32 Å². The van der Waals surface area contributed by atoms with Crippen LogP contribution in [0.25, 0.3) is 0 Å². The lowest BCUT2D eigenvalue weighted by Crippen LogP contribution is -2.46. The number of imidazole rings is 1. The lowest BCUT2D eigenvalue weighted by atomic mass is 10.1. The summed E-state index contributed by atoms with van der Waals surface area (Å²) >= 11 is 0. The summed E-state index contributed by atoms with van der Waals surface area (Å²) in [5, 5.41) is 3.33. The maximum absolute atomic E-state index is 13.9. The molecule has 2 heterocycles. The molecule has 1 aromatic carbocycles. The Morgan fingerprint density at radius 2 is 2.18 bits per heavy atom. The zero-order valence-corrected chi connectivity index (χ0v) is 13.1. The molecule has 0 aliphatic carbocycles. The summed E-state index contributed by atoms with van der Waals surface area (Å²) in [5.74, 6) is -0.621. The molecule has 4 nitrogen and oxygen atoms in total. The minimum Gasteiger partial charge on any atom is -0.337 e. The second-order valence-electron chi connectivity index (χ2n) is 5.30. The first-order valence-corrected chi connectivity index (χ1v) is 7.01. The molecule has 0 radical (unpaired) electrons. The van der Waals surface area contributed by atoms with Crippen molar-refractivity contribution in [2.75, 3.05) is 19.6 Å². The zero-order chi connectivity index (χ0) is 14.8. The number of hydrogen-bond donors (Lipinski definition) is 1. The molecule has 1 atom stereocenters. The molecule has 0 amide bonds. The van der Waals surface area contributed by atoms with E-state index in [1.807, 2.05) is 17.8 Å². The number of halogens is 3. The molecular weight excluding hydrogens is 310 g/mol. The van der Waals surface area contributed by atoms with Gasteiger partial charge in [0.2, 0.25) is 0 Å². The van der Waals surface area contributed by atoms with Gasteiger partial charge in [-0.1, -0.05) is 12.1 Å². The average molecular weight is 329 g/mol. The molecular formula is C15H19ClF2N4. The van der Waals surface area contributed by atoms with Crippen molar-refractivity contribution < 1.29 is 8.78 Å². The van der Waals surface area contributed by atoms with E-state index < -0.39 is 11.6 Å². The van der Waals surface area contributed by atoms with E-state index >= 15 is 0 Å². The van der Waals surface area contributed by atoms with Gasteiger partial charge in [-0.25, -0.2) is 13.8 Å². The molecule has 1 N–H and O–H groups in total. The Kier molecular flexibility index (Phi) is 5.50. The van der Waals surface area contributed by atoms with Gasteiger partial charge in [0, 0.05) is 51.2 Å². The van der Waals surface area contributed by atoms with E-state index in [1.165, 1.54) is 0 Å². The molecule has 22 heavy (non-hydrogen) atoms. The second kappa shape index (κ2) is 7.17. The largest absolute Gasteiger partial charge is 0.337 e. The number of nitrogens with zero attached hydrogens (tertiary/aromatic N) is 3. The van der Waals surface area contributed by atoms with Gasteiger partial charge in [0.25, 0.3) is 0 Å². The van der Waals surface area contributed by atoms with Gasteiger partial charge in [-0.15, -0.1) is 12.4 Å². The van der Waals surface area contributed by atoms with Gasteiger partial charge in [0.05, 0.1) is 6.04 Å².